The molecule has 9 heteroatoms. The number of guanidine groups is 1. The minimum Gasteiger partial charge on any atom is -0.352 e. The zero-order chi connectivity index (χ0) is 22.1. The maximum Gasteiger partial charge on any atom is 0.416 e. The van der Waals surface area contributed by atoms with Crippen LogP contribution in [-0.2, 0) is 24.1 Å². The monoisotopic (exact) mass is 424 g/mol. The number of amides is 1. The Hall–Kier alpha value is -3.10. The van der Waals surface area contributed by atoms with Gasteiger partial charge in [0.2, 0.25) is 5.91 Å². The second-order valence-electron chi connectivity index (χ2n) is 6.58. The number of benzene rings is 2. The normalized spacial score (nSPS) is 11.9. The van der Waals surface area contributed by atoms with Gasteiger partial charge in [-0.3, -0.25) is 9.79 Å². The molecule has 0 unspecified atom stereocenters. The van der Waals surface area contributed by atoms with Crippen LogP contribution in [0.4, 0.5) is 23.2 Å². The highest BCUT2D eigenvalue weighted by molar-refractivity contribution is 5.90. The number of alkyl halides is 3. The van der Waals surface area contributed by atoms with Crippen LogP contribution in [0.15, 0.2) is 47.5 Å². The first-order valence-electron chi connectivity index (χ1n) is 9.42. The molecule has 30 heavy (non-hydrogen) atoms. The first-order chi connectivity index (χ1) is 14.2. The fourth-order valence-electron chi connectivity index (χ4n) is 2.76. The molecule has 2 aromatic rings. The van der Waals surface area contributed by atoms with Crippen molar-refractivity contribution in [3.63, 3.8) is 0 Å². The molecule has 162 valence electrons. The third kappa shape index (κ3) is 7.06. The van der Waals surface area contributed by atoms with Crippen molar-refractivity contribution in [2.45, 2.75) is 39.0 Å². The number of aliphatic imine (C=N–C) groups is 1. The summed E-state index contributed by atoms with van der Waals surface area (Å²) in [6, 6.07) is 9.78. The van der Waals surface area contributed by atoms with E-state index in [0.29, 0.717) is 24.7 Å². The van der Waals surface area contributed by atoms with E-state index in [0.717, 1.165) is 24.1 Å². The minimum atomic E-state index is -4.65. The van der Waals surface area contributed by atoms with E-state index in [9.17, 15) is 22.4 Å². The molecule has 3 N–H and O–H groups in total. The molecular formula is C21H24F4N4O. The minimum absolute atomic E-state index is 0.0696. The summed E-state index contributed by atoms with van der Waals surface area (Å²) in [5, 5.41) is 8.61. The van der Waals surface area contributed by atoms with Gasteiger partial charge in [-0.25, -0.2) is 4.39 Å². The van der Waals surface area contributed by atoms with Gasteiger partial charge < -0.3 is 16.0 Å². The number of carbonyl (C=O) groups is 1. The highest BCUT2D eigenvalue weighted by Crippen LogP contribution is 2.32. The third-order valence-electron chi connectivity index (χ3n) is 4.19. The lowest BCUT2D eigenvalue weighted by Crippen LogP contribution is -2.36. The summed E-state index contributed by atoms with van der Waals surface area (Å²) in [4.78, 5) is 15.7. The summed E-state index contributed by atoms with van der Waals surface area (Å²) >= 11 is 0. The number of hydrogen-bond donors (Lipinski definition) is 3. The van der Waals surface area contributed by atoms with Crippen LogP contribution in [0.25, 0.3) is 0 Å². The molecule has 0 bridgehead atoms. The van der Waals surface area contributed by atoms with Crippen molar-refractivity contribution in [3.05, 3.63) is 65.0 Å². The molecule has 5 nitrogen and oxygen atoms in total. The number of hydrogen-bond acceptors (Lipinski definition) is 2. The molecule has 0 aromatic heterocycles. The highest BCUT2D eigenvalue weighted by atomic mass is 19.4. The first kappa shape index (κ1) is 23.2. The maximum atomic E-state index is 13.2. The van der Waals surface area contributed by atoms with Crippen molar-refractivity contribution in [2.75, 3.05) is 12.4 Å². The Balaban J connectivity index is 1.98. The zero-order valence-corrected chi connectivity index (χ0v) is 16.7. The van der Waals surface area contributed by atoms with Crippen molar-refractivity contribution in [1.82, 2.24) is 10.6 Å². The van der Waals surface area contributed by atoms with E-state index in [-0.39, 0.29) is 24.0 Å². The summed E-state index contributed by atoms with van der Waals surface area (Å²) < 4.78 is 52.6. The van der Waals surface area contributed by atoms with E-state index in [1.807, 2.05) is 13.0 Å². The smallest absolute Gasteiger partial charge is 0.352 e. The van der Waals surface area contributed by atoms with Crippen LogP contribution in [0.5, 0.6) is 0 Å². The highest BCUT2D eigenvalue weighted by Gasteiger charge is 2.33. The van der Waals surface area contributed by atoms with Crippen molar-refractivity contribution >= 4 is 17.6 Å². The molecule has 0 fully saturated rings. The van der Waals surface area contributed by atoms with Gasteiger partial charge in [-0.05, 0) is 41.8 Å². The predicted octanol–water partition coefficient (Wildman–Crippen LogP) is 4.45. The number of nitrogens with one attached hydrogen (secondary N) is 3. The third-order valence-corrected chi connectivity index (χ3v) is 4.19. The quantitative estimate of drug-likeness (QED) is 0.350. The summed E-state index contributed by atoms with van der Waals surface area (Å²) in [5.41, 5.74) is 0.398. The SMILES string of the molecule is CCCC(=O)Nc1cccc(CNC(=NC)NCc2ccc(F)cc2C(F)(F)F)c1. The lowest BCUT2D eigenvalue weighted by atomic mass is 10.1. The molecule has 1 amide bonds. The molecule has 0 atom stereocenters. The van der Waals surface area contributed by atoms with Crippen LogP contribution in [-0.4, -0.2) is 18.9 Å². The predicted molar refractivity (Wildman–Crippen MR) is 108 cm³/mol. The van der Waals surface area contributed by atoms with E-state index in [1.54, 1.807) is 18.2 Å². The van der Waals surface area contributed by atoms with E-state index >= 15 is 0 Å². The van der Waals surface area contributed by atoms with Crippen LogP contribution in [0.3, 0.4) is 0 Å². The van der Waals surface area contributed by atoms with Gasteiger partial charge in [0.05, 0.1) is 5.56 Å². The molecule has 0 saturated carbocycles. The standard InChI is InChI=1S/C21H24F4N4O/c1-3-5-19(30)29-17-7-4-6-14(10-17)12-27-20(26-2)28-13-15-8-9-16(22)11-18(15)21(23,24)25/h4,6-11H,3,5,12-13H2,1-2H3,(H,29,30)(H2,26,27,28). The molecule has 2 aromatic carbocycles. The van der Waals surface area contributed by atoms with Gasteiger partial charge in [-0.15, -0.1) is 0 Å². The van der Waals surface area contributed by atoms with Gasteiger partial charge in [-0.1, -0.05) is 25.1 Å². The lowest BCUT2D eigenvalue weighted by molar-refractivity contribution is -0.138. The Labute approximate surface area is 172 Å². The van der Waals surface area contributed by atoms with E-state index in [2.05, 4.69) is 20.9 Å². The van der Waals surface area contributed by atoms with Gasteiger partial charge in [0.1, 0.15) is 5.82 Å². The number of nitrogens with zero attached hydrogens (tertiary/aromatic N) is 1. The first-order valence-corrected chi connectivity index (χ1v) is 9.42. The molecule has 2 rings (SSSR count). The Morgan fingerprint density at radius 3 is 2.47 bits per heavy atom. The Morgan fingerprint density at radius 1 is 1.07 bits per heavy atom. The Bertz CT molecular complexity index is 897. The number of halogens is 4. The molecule has 0 aliphatic rings. The summed E-state index contributed by atoms with van der Waals surface area (Å²) in [6.07, 6.45) is -3.47. The van der Waals surface area contributed by atoms with Crippen molar-refractivity contribution < 1.29 is 22.4 Å². The van der Waals surface area contributed by atoms with E-state index in [1.165, 1.54) is 7.05 Å². The Morgan fingerprint density at radius 2 is 1.80 bits per heavy atom. The van der Waals surface area contributed by atoms with Crippen LogP contribution in [0.2, 0.25) is 0 Å². The molecule has 0 saturated heterocycles. The summed E-state index contributed by atoms with van der Waals surface area (Å²) in [5.74, 6) is -0.729. The Kier molecular flexibility index (Phi) is 8.20. The average Bonchev–Trinajstić information content (AvgIpc) is 2.68. The average molecular weight is 424 g/mol. The van der Waals surface area contributed by atoms with E-state index < -0.39 is 17.6 Å². The van der Waals surface area contributed by atoms with Crippen LogP contribution in [0, 0.1) is 5.82 Å². The molecular weight excluding hydrogens is 400 g/mol. The van der Waals surface area contributed by atoms with Crippen molar-refractivity contribution in [1.29, 1.82) is 0 Å². The van der Waals surface area contributed by atoms with Gasteiger partial charge >= 0.3 is 6.18 Å². The van der Waals surface area contributed by atoms with Gasteiger partial charge in [0.15, 0.2) is 5.96 Å². The van der Waals surface area contributed by atoms with E-state index in [4.69, 9.17) is 0 Å². The van der Waals surface area contributed by atoms with Crippen LogP contribution in [0.1, 0.15) is 36.5 Å². The van der Waals surface area contributed by atoms with Crippen LogP contribution >= 0.6 is 0 Å². The number of rotatable bonds is 7. The largest absolute Gasteiger partial charge is 0.416 e. The molecule has 0 radical (unpaired) electrons. The molecule has 0 aliphatic heterocycles. The number of anilines is 1. The van der Waals surface area contributed by atoms with Gasteiger partial charge in [0.25, 0.3) is 0 Å². The number of carbonyl (C=O) groups excluding carboxylic acids is 1. The second-order valence-corrected chi connectivity index (χ2v) is 6.58. The fourth-order valence-corrected chi connectivity index (χ4v) is 2.76. The topological polar surface area (TPSA) is 65.5 Å². The summed E-state index contributed by atoms with van der Waals surface area (Å²) in [7, 11) is 1.49. The van der Waals surface area contributed by atoms with Gasteiger partial charge in [-0.2, -0.15) is 13.2 Å². The van der Waals surface area contributed by atoms with Crippen molar-refractivity contribution in [2.24, 2.45) is 4.99 Å². The second kappa shape index (κ2) is 10.6. The maximum absolute atomic E-state index is 13.2. The van der Waals surface area contributed by atoms with Crippen molar-refractivity contribution in [3.8, 4) is 0 Å². The van der Waals surface area contributed by atoms with Crippen LogP contribution < -0.4 is 16.0 Å². The lowest BCUT2D eigenvalue weighted by Gasteiger charge is -2.16. The molecule has 0 spiro atoms. The summed E-state index contributed by atoms with van der Waals surface area (Å²) in [6.45, 7) is 2.08. The van der Waals surface area contributed by atoms with Gasteiger partial charge in [0, 0.05) is 32.2 Å². The molecule has 0 heterocycles. The molecule has 0 aliphatic carbocycles. The fraction of sp³-hybridized carbons (Fsp3) is 0.333. The zero-order valence-electron chi connectivity index (χ0n) is 16.7.